The maximum Gasteiger partial charge on any atom is 0.277 e. The Balaban J connectivity index is 1.70. The van der Waals surface area contributed by atoms with E-state index < -0.39 is 5.91 Å². The van der Waals surface area contributed by atoms with E-state index in [0.29, 0.717) is 17.0 Å². The monoisotopic (exact) mass is 358 g/mol. The molecule has 0 radical (unpaired) electrons. The van der Waals surface area contributed by atoms with Crippen LogP contribution in [0.4, 0.5) is 0 Å². The van der Waals surface area contributed by atoms with E-state index in [4.69, 9.17) is 4.74 Å². The fourth-order valence-corrected chi connectivity index (χ4v) is 2.46. The molecule has 0 aliphatic rings. The lowest BCUT2D eigenvalue weighted by Crippen LogP contribution is -2.26. The van der Waals surface area contributed by atoms with Gasteiger partial charge in [0.25, 0.3) is 5.91 Å². The van der Waals surface area contributed by atoms with E-state index in [2.05, 4.69) is 10.5 Å². The van der Waals surface area contributed by atoms with Crippen LogP contribution in [0.25, 0.3) is 0 Å². The molecule has 0 unspecified atom stereocenters. The number of hydrogen-bond acceptors (Lipinski definition) is 4. The highest BCUT2D eigenvalue weighted by Crippen LogP contribution is 2.12. The van der Waals surface area contributed by atoms with Crippen LogP contribution in [0.2, 0.25) is 0 Å². The molecule has 0 heterocycles. The van der Waals surface area contributed by atoms with Crippen molar-refractivity contribution in [3.8, 4) is 5.75 Å². The molecule has 0 saturated heterocycles. The van der Waals surface area contributed by atoms with Crippen molar-refractivity contribution in [3.63, 3.8) is 0 Å². The lowest BCUT2D eigenvalue weighted by molar-refractivity contribution is -0.123. The molecule has 0 atom stereocenters. The summed E-state index contributed by atoms with van der Waals surface area (Å²) in [4.78, 5) is 22.9. The number of carbonyl (C=O) groups excluding carboxylic acids is 2. The normalized spacial score (nSPS) is 9.93. The van der Waals surface area contributed by atoms with E-state index >= 15 is 0 Å². The summed E-state index contributed by atoms with van der Waals surface area (Å²) in [6.45, 7) is -0.206. The third-order valence-electron chi connectivity index (χ3n) is 3.75. The lowest BCUT2D eigenvalue weighted by Gasteiger charge is -2.09. The van der Waals surface area contributed by atoms with Crippen molar-refractivity contribution in [1.82, 2.24) is 5.43 Å². The number of ether oxygens (including phenoxy) is 1. The molecular weight excluding hydrogens is 340 g/mol. The van der Waals surface area contributed by atoms with E-state index in [-0.39, 0.29) is 6.61 Å². The number of nitrogens with one attached hydrogen (secondary N) is 1. The van der Waals surface area contributed by atoms with Crippen molar-refractivity contribution in [2.45, 2.75) is 0 Å². The van der Waals surface area contributed by atoms with E-state index in [0.717, 1.165) is 17.4 Å². The number of hydrogen-bond donors (Lipinski definition) is 1. The lowest BCUT2D eigenvalue weighted by atomic mass is 10.0. The first-order valence-corrected chi connectivity index (χ1v) is 8.41. The number of benzene rings is 3. The zero-order valence-corrected chi connectivity index (χ0v) is 14.5. The van der Waals surface area contributed by atoms with Gasteiger partial charge in [-0.15, -0.1) is 0 Å². The Morgan fingerprint density at radius 2 is 1.52 bits per heavy atom. The summed E-state index contributed by atoms with van der Waals surface area (Å²) in [7, 11) is 0. The summed E-state index contributed by atoms with van der Waals surface area (Å²) in [5.41, 5.74) is 5.46. The molecule has 0 aliphatic heterocycles. The second-order valence-electron chi connectivity index (χ2n) is 5.71. The van der Waals surface area contributed by atoms with E-state index in [1.165, 1.54) is 0 Å². The van der Waals surface area contributed by atoms with Crippen LogP contribution in [0, 0.1) is 0 Å². The Hall–Kier alpha value is -3.73. The number of hydrazone groups is 1. The largest absolute Gasteiger partial charge is 0.484 e. The van der Waals surface area contributed by atoms with Crippen molar-refractivity contribution < 1.29 is 14.3 Å². The number of aldehydes is 1. The van der Waals surface area contributed by atoms with Gasteiger partial charge in [0.15, 0.2) is 6.61 Å². The van der Waals surface area contributed by atoms with Gasteiger partial charge in [-0.3, -0.25) is 9.59 Å². The SMILES string of the molecule is O=Cc1cccc(OCC(=O)NN=C(c2ccccc2)c2ccccc2)c1. The molecule has 5 heteroatoms. The first-order valence-electron chi connectivity index (χ1n) is 8.41. The Morgan fingerprint density at radius 1 is 0.889 bits per heavy atom. The van der Waals surface area contributed by atoms with Crippen LogP contribution in [0.15, 0.2) is 90.0 Å². The minimum Gasteiger partial charge on any atom is -0.484 e. The van der Waals surface area contributed by atoms with Crippen LogP contribution in [-0.4, -0.2) is 24.5 Å². The minimum atomic E-state index is -0.393. The minimum absolute atomic E-state index is 0.206. The Labute approximate surface area is 157 Å². The number of nitrogens with zero attached hydrogens (tertiary/aromatic N) is 1. The summed E-state index contributed by atoms with van der Waals surface area (Å²) in [6.07, 6.45) is 0.725. The summed E-state index contributed by atoms with van der Waals surface area (Å²) in [5.74, 6) is 0.0564. The molecule has 1 amide bonds. The highest BCUT2D eigenvalue weighted by molar-refractivity contribution is 6.13. The van der Waals surface area contributed by atoms with Crippen molar-refractivity contribution in [1.29, 1.82) is 0 Å². The molecule has 134 valence electrons. The van der Waals surface area contributed by atoms with Gasteiger partial charge < -0.3 is 4.74 Å². The highest BCUT2D eigenvalue weighted by atomic mass is 16.5. The zero-order valence-electron chi connectivity index (χ0n) is 14.5. The second kappa shape index (κ2) is 9.10. The van der Waals surface area contributed by atoms with Gasteiger partial charge in [0.05, 0.1) is 5.71 Å². The molecule has 0 fully saturated rings. The first kappa shape index (κ1) is 18.1. The van der Waals surface area contributed by atoms with Crippen molar-refractivity contribution in [3.05, 3.63) is 102 Å². The van der Waals surface area contributed by atoms with Gasteiger partial charge in [-0.05, 0) is 12.1 Å². The molecule has 0 spiro atoms. The maximum absolute atomic E-state index is 12.1. The summed E-state index contributed by atoms with van der Waals surface area (Å²) in [5, 5.41) is 4.29. The van der Waals surface area contributed by atoms with Gasteiger partial charge >= 0.3 is 0 Å². The third kappa shape index (κ3) is 5.12. The molecule has 3 rings (SSSR count). The van der Waals surface area contributed by atoms with Gasteiger partial charge in [0.1, 0.15) is 12.0 Å². The average Bonchev–Trinajstić information content (AvgIpc) is 2.74. The third-order valence-corrected chi connectivity index (χ3v) is 3.75. The number of rotatable bonds is 7. The molecule has 0 aromatic heterocycles. The van der Waals surface area contributed by atoms with Gasteiger partial charge in [-0.2, -0.15) is 5.10 Å². The van der Waals surface area contributed by atoms with Gasteiger partial charge in [-0.1, -0.05) is 72.8 Å². The molecule has 3 aromatic rings. The van der Waals surface area contributed by atoms with Crippen LogP contribution < -0.4 is 10.2 Å². The van der Waals surface area contributed by atoms with Crippen LogP contribution in [0.5, 0.6) is 5.75 Å². The topological polar surface area (TPSA) is 67.8 Å². The van der Waals surface area contributed by atoms with E-state index in [1.54, 1.807) is 24.3 Å². The van der Waals surface area contributed by atoms with Crippen molar-refractivity contribution in [2.24, 2.45) is 5.10 Å². The Bertz CT molecular complexity index is 897. The van der Waals surface area contributed by atoms with Gasteiger partial charge in [0, 0.05) is 16.7 Å². The molecule has 1 N–H and O–H groups in total. The number of amides is 1. The summed E-state index contributed by atoms with van der Waals surface area (Å²) < 4.78 is 5.41. The van der Waals surface area contributed by atoms with Crippen LogP contribution in [0.1, 0.15) is 21.5 Å². The number of carbonyl (C=O) groups is 2. The first-order chi connectivity index (χ1) is 13.3. The standard InChI is InChI=1S/C22H18N2O3/c25-15-17-8-7-13-20(14-17)27-16-21(26)23-24-22(18-9-3-1-4-10-18)19-11-5-2-6-12-19/h1-15H,16H2,(H,23,26). The Kier molecular flexibility index (Phi) is 6.09. The molecule has 0 saturated carbocycles. The molecule has 5 nitrogen and oxygen atoms in total. The van der Waals surface area contributed by atoms with E-state index in [9.17, 15) is 9.59 Å². The molecule has 0 bridgehead atoms. The highest BCUT2D eigenvalue weighted by Gasteiger charge is 2.08. The fraction of sp³-hybridized carbons (Fsp3) is 0.0455. The van der Waals surface area contributed by atoms with E-state index in [1.807, 2.05) is 60.7 Å². The fourth-order valence-electron chi connectivity index (χ4n) is 2.46. The predicted molar refractivity (Wildman–Crippen MR) is 104 cm³/mol. The molecular formula is C22H18N2O3. The zero-order chi connectivity index (χ0) is 18.9. The predicted octanol–water partition coefficient (Wildman–Crippen LogP) is 3.45. The van der Waals surface area contributed by atoms with Gasteiger partial charge in [0.2, 0.25) is 0 Å². The molecule has 27 heavy (non-hydrogen) atoms. The Morgan fingerprint density at radius 3 is 2.11 bits per heavy atom. The quantitative estimate of drug-likeness (QED) is 0.400. The van der Waals surface area contributed by atoms with Crippen LogP contribution >= 0.6 is 0 Å². The van der Waals surface area contributed by atoms with Crippen LogP contribution in [0.3, 0.4) is 0 Å². The summed E-state index contributed by atoms with van der Waals surface area (Å²) >= 11 is 0. The molecule has 3 aromatic carbocycles. The molecule has 0 aliphatic carbocycles. The van der Waals surface area contributed by atoms with Crippen molar-refractivity contribution in [2.75, 3.05) is 6.61 Å². The average molecular weight is 358 g/mol. The second-order valence-corrected chi connectivity index (χ2v) is 5.71. The van der Waals surface area contributed by atoms with Gasteiger partial charge in [-0.25, -0.2) is 5.43 Å². The smallest absolute Gasteiger partial charge is 0.277 e. The summed E-state index contributed by atoms with van der Waals surface area (Å²) in [6, 6.07) is 25.8. The van der Waals surface area contributed by atoms with Crippen LogP contribution in [-0.2, 0) is 4.79 Å². The van der Waals surface area contributed by atoms with Crippen molar-refractivity contribution >= 4 is 17.9 Å². The maximum atomic E-state index is 12.1.